The molecule has 0 spiro atoms. The van der Waals surface area contributed by atoms with Crippen LogP contribution in [-0.4, -0.2) is 50.2 Å². The maximum atomic E-state index is 9.68. The summed E-state index contributed by atoms with van der Waals surface area (Å²) in [5.74, 6) is 0.575. The van der Waals surface area contributed by atoms with Crippen LogP contribution in [0.3, 0.4) is 0 Å². The van der Waals surface area contributed by atoms with Gasteiger partial charge in [0.05, 0.1) is 32.0 Å². The number of nitrogens with one attached hydrogen (secondary N) is 1. The van der Waals surface area contributed by atoms with E-state index >= 15 is 0 Å². The molecule has 0 saturated heterocycles. The van der Waals surface area contributed by atoms with E-state index in [2.05, 4.69) is 19.2 Å². The number of aliphatic hydroxyl groups excluding tert-OH is 1. The summed E-state index contributed by atoms with van der Waals surface area (Å²) in [6, 6.07) is 0. The van der Waals surface area contributed by atoms with Crippen LogP contribution in [0.4, 0.5) is 0 Å². The van der Waals surface area contributed by atoms with E-state index in [4.69, 9.17) is 9.47 Å². The van der Waals surface area contributed by atoms with Crippen molar-refractivity contribution in [3.05, 3.63) is 0 Å². The van der Waals surface area contributed by atoms with Gasteiger partial charge < -0.3 is 19.9 Å². The predicted molar refractivity (Wildman–Crippen MR) is 72.8 cm³/mol. The van der Waals surface area contributed by atoms with Crippen molar-refractivity contribution < 1.29 is 14.6 Å². The normalized spacial score (nSPS) is 18.8. The molecule has 4 heteroatoms. The Morgan fingerprint density at radius 2 is 1.83 bits per heavy atom. The topological polar surface area (TPSA) is 50.7 Å². The Kier molecular flexibility index (Phi) is 7.82. The zero-order valence-electron chi connectivity index (χ0n) is 11.9. The summed E-state index contributed by atoms with van der Waals surface area (Å²) in [5, 5.41) is 13.2. The van der Waals surface area contributed by atoms with Crippen molar-refractivity contribution in [1.82, 2.24) is 5.32 Å². The van der Waals surface area contributed by atoms with E-state index in [1.807, 2.05) is 0 Å². The first-order valence-corrected chi connectivity index (χ1v) is 7.30. The van der Waals surface area contributed by atoms with Gasteiger partial charge in [-0.25, -0.2) is 0 Å². The standard InChI is InChI=1S/C14H29NO3/c1-3-7-15-14(11-16,13-5-6-13)12-18-10-9-17-8-4-2/h13,15-16H,3-12H2,1-2H3. The van der Waals surface area contributed by atoms with Crippen LogP contribution in [-0.2, 0) is 9.47 Å². The molecule has 0 aromatic carbocycles. The van der Waals surface area contributed by atoms with Crippen LogP contribution < -0.4 is 5.32 Å². The molecule has 1 atom stereocenters. The number of ether oxygens (including phenoxy) is 2. The van der Waals surface area contributed by atoms with Crippen molar-refractivity contribution >= 4 is 0 Å². The number of rotatable bonds is 12. The molecule has 0 radical (unpaired) electrons. The first-order valence-electron chi connectivity index (χ1n) is 7.30. The Hall–Kier alpha value is -0.160. The molecule has 0 aromatic heterocycles. The van der Waals surface area contributed by atoms with Crippen LogP contribution in [0.1, 0.15) is 39.5 Å². The minimum atomic E-state index is -0.221. The third kappa shape index (κ3) is 5.22. The monoisotopic (exact) mass is 259 g/mol. The highest BCUT2D eigenvalue weighted by molar-refractivity contribution is 5.00. The second kappa shape index (κ2) is 8.86. The second-order valence-electron chi connectivity index (χ2n) is 5.18. The molecule has 1 unspecified atom stereocenters. The maximum Gasteiger partial charge on any atom is 0.0701 e. The van der Waals surface area contributed by atoms with E-state index in [1.165, 1.54) is 12.8 Å². The van der Waals surface area contributed by atoms with Crippen molar-refractivity contribution in [2.24, 2.45) is 5.92 Å². The molecule has 1 aliphatic carbocycles. The smallest absolute Gasteiger partial charge is 0.0701 e. The van der Waals surface area contributed by atoms with Crippen molar-refractivity contribution in [1.29, 1.82) is 0 Å². The molecule has 0 heterocycles. The Morgan fingerprint density at radius 3 is 2.39 bits per heavy atom. The first-order chi connectivity index (χ1) is 8.79. The van der Waals surface area contributed by atoms with E-state index in [1.54, 1.807) is 0 Å². The maximum absolute atomic E-state index is 9.68. The third-order valence-corrected chi connectivity index (χ3v) is 3.45. The molecule has 4 nitrogen and oxygen atoms in total. The van der Waals surface area contributed by atoms with Gasteiger partial charge in [-0.05, 0) is 38.1 Å². The van der Waals surface area contributed by atoms with Gasteiger partial charge in [-0.2, -0.15) is 0 Å². The molecule has 2 N–H and O–H groups in total. The van der Waals surface area contributed by atoms with Crippen molar-refractivity contribution in [2.45, 2.75) is 45.1 Å². The molecule has 0 aliphatic heterocycles. The lowest BCUT2D eigenvalue weighted by Crippen LogP contribution is -2.54. The fraction of sp³-hybridized carbons (Fsp3) is 1.00. The molecule has 0 aromatic rings. The SMILES string of the molecule is CCCNC(CO)(COCCOCCC)C1CC1. The summed E-state index contributed by atoms with van der Waals surface area (Å²) in [4.78, 5) is 0. The van der Waals surface area contributed by atoms with Gasteiger partial charge in [0, 0.05) is 6.61 Å². The Balaban J connectivity index is 2.23. The average Bonchev–Trinajstić information content (AvgIpc) is 3.22. The van der Waals surface area contributed by atoms with Gasteiger partial charge >= 0.3 is 0 Å². The van der Waals surface area contributed by atoms with Crippen molar-refractivity contribution in [3.8, 4) is 0 Å². The molecule has 0 bridgehead atoms. The Morgan fingerprint density at radius 1 is 1.11 bits per heavy atom. The lowest BCUT2D eigenvalue weighted by Gasteiger charge is -2.33. The van der Waals surface area contributed by atoms with Gasteiger partial charge in [0.15, 0.2) is 0 Å². The van der Waals surface area contributed by atoms with E-state index in [9.17, 15) is 5.11 Å². The van der Waals surface area contributed by atoms with Gasteiger partial charge in [-0.3, -0.25) is 0 Å². The quantitative estimate of drug-likeness (QED) is 0.522. The van der Waals surface area contributed by atoms with E-state index in [0.29, 0.717) is 25.7 Å². The molecule has 0 amide bonds. The third-order valence-electron chi connectivity index (χ3n) is 3.45. The Bertz CT molecular complexity index is 209. The Labute approximate surface area is 111 Å². The highest BCUT2D eigenvalue weighted by atomic mass is 16.5. The lowest BCUT2D eigenvalue weighted by molar-refractivity contribution is -0.00416. The molecule has 1 aliphatic rings. The van der Waals surface area contributed by atoms with E-state index < -0.39 is 0 Å². The fourth-order valence-electron chi connectivity index (χ4n) is 2.17. The van der Waals surface area contributed by atoms with Gasteiger partial charge in [0.25, 0.3) is 0 Å². The molecule has 1 fully saturated rings. The zero-order chi connectivity index (χ0) is 13.3. The predicted octanol–water partition coefficient (Wildman–Crippen LogP) is 1.57. The summed E-state index contributed by atoms with van der Waals surface area (Å²) in [6.07, 6.45) is 4.52. The summed E-state index contributed by atoms with van der Waals surface area (Å²) in [5.41, 5.74) is -0.221. The molecular weight excluding hydrogens is 230 g/mol. The number of hydrogen-bond donors (Lipinski definition) is 2. The number of hydrogen-bond acceptors (Lipinski definition) is 4. The molecule has 1 rings (SSSR count). The van der Waals surface area contributed by atoms with Gasteiger partial charge in [-0.1, -0.05) is 13.8 Å². The number of aliphatic hydroxyl groups is 1. The lowest BCUT2D eigenvalue weighted by atomic mass is 9.95. The summed E-state index contributed by atoms with van der Waals surface area (Å²) in [6.45, 7) is 7.98. The highest BCUT2D eigenvalue weighted by Gasteiger charge is 2.44. The van der Waals surface area contributed by atoms with Crippen LogP contribution >= 0.6 is 0 Å². The largest absolute Gasteiger partial charge is 0.394 e. The minimum absolute atomic E-state index is 0.160. The van der Waals surface area contributed by atoms with Crippen LogP contribution in [0.15, 0.2) is 0 Å². The summed E-state index contributed by atoms with van der Waals surface area (Å²) in [7, 11) is 0. The summed E-state index contributed by atoms with van der Waals surface area (Å²) >= 11 is 0. The van der Waals surface area contributed by atoms with Crippen LogP contribution in [0.2, 0.25) is 0 Å². The summed E-state index contributed by atoms with van der Waals surface area (Å²) < 4.78 is 11.1. The van der Waals surface area contributed by atoms with Crippen molar-refractivity contribution in [2.75, 3.05) is 39.6 Å². The van der Waals surface area contributed by atoms with Crippen LogP contribution in [0, 0.1) is 5.92 Å². The van der Waals surface area contributed by atoms with Gasteiger partial charge in [-0.15, -0.1) is 0 Å². The highest BCUT2D eigenvalue weighted by Crippen LogP contribution is 2.39. The van der Waals surface area contributed by atoms with Crippen LogP contribution in [0.5, 0.6) is 0 Å². The van der Waals surface area contributed by atoms with Crippen molar-refractivity contribution in [3.63, 3.8) is 0 Å². The molecule has 108 valence electrons. The first kappa shape index (κ1) is 15.9. The molecule has 18 heavy (non-hydrogen) atoms. The van der Waals surface area contributed by atoms with E-state index in [0.717, 1.165) is 26.0 Å². The van der Waals surface area contributed by atoms with Gasteiger partial charge in [0.1, 0.15) is 0 Å². The minimum Gasteiger partial charge on any atom is -0.394 e. The van der Waals surface area contributed by atoms with Gasteiger partial charge in [0.2, 0.25) is 0 Å². The van der Waals surface area contributed by atoms with E-state index in [-0.39, 0.29) is 12.1 Å². The van der Waals surface area contributed by atoms with Crippen LogP contribution in [0.25, 0.3) is 0 Å². The zero-order valence-corrected chi connectivity index (χ0v) is 11.9. The molecule has 1 saturated carbocycles. The second-order valence-corrected chi connectivity index (χ2v) is 5.18. The fourth-order valence-corrected chi connectivity index (χ4v) is 2.17. The molecular formula is C14H29NO3. The average molecular weight is 259 g/mol.